The maximum Gasteiger partial charge on any atom is 0.333 e. The fourth-order valence-electron chi connectivity index (χ4n) is 4.48. The van der Waals surface area contributed by atoms with Gasteiger partial charge in [-0.1, -0.05) is 6.58 Å². The molecule has 3 nitrogen and oxygen atoms in total. The van der Waals surface area contributed by atoms with Gasteiger partial charge in [-0.25, -0.2) is 4.79 Å². The number of hydrogen-bond donors (Lipinski definition) is 1. The van der Waals surface area contributed by atoms with Crippen molar-refractivity contribution < 1.29 is 14.6 Å². The minimum atomic E-state index is -0.363. The Balaban J connectivity index is 1.89. The molecule has 0 aliphatic heterocycles. The zero-order chi connectivity index (χ0) is 12.2. The van der Waals surface area contributed by atoms with Crippen LogP contribution in [-0.4, -0.2) is 22.8 Å². The van der Waals surface area contributed by atoms with Crippen molar-refractivity contribution in [3.05, 3.63) is 12.2 Å². The number of carbonyl (C=O) groups is 1. The molecule has 3 saturated carbocycles. The maximum absolute atomic E-state index is 11.8. The van der Waals surface area contributed by atoms with Crippen molar-refractivity contribution in [3.8, 4) is 0 Å². The van der Waals surface area contributed by atoms with Crippen molar-refractivity contribution in [2.45, 2.75) is 50.7 Å². The van der Waals surface area contributed by atoms with E-state index in [1.807, 2.05) is 0 Å². The van der Waals surface area contributed by atoms with E-state index < -0.39 is 0 Å². The highest BCUT2D eigenvalue weighted by Gasteiger charge is 2.65. The van der Waals surface area contributed by atoms with Gasteiger partial charge in [-0.05, 0) is 50.9 Å². The quantitative estimate of drug-likeness (QED) is 0.589. The highest BCUT2D eigenvalue weighted by molar-refractivity contribution is 5.87. The lowest BCUT2D eigenvalue weighted by atomic mass is 9.77. The van der Waals surface area contributed by atoms with Gasteiger partial charge in [0.05, 0.1) is 6.10 Å². The number of rotatable bonds is 2. The van der Waals surface area contributed by atoms with Crippen LogP contribution in [0, 0.1) is 17.8 Å². The third-order valence-electron chi connectivity index (χ3n) is 5.11. The van der Waals surface area contributed by atoms with Gasteiger partial charge in [0.1, 0.15) is 5.60 Å². The Morgan fingerprint density at radius 3 is 2.88 bits per heavy atom. The SMILES string of the molecule is C=C(C)C(=O)OC12CCC(O)C1C1CCC2C1. The Bertz CT molecular complexity index is 376. The highest BCUT2D eigenvalue weighted by atomic mass is 16.6. The maximum atomic E-state index is 11.8. The first-order valence-corrected chi connectivity index (χ1v) is 6.61. The Hall–Kier alpha value is -0.830. The second kappa shape index (κ2) is 3.58. The van der Waals surface area contributed by atoms with Crippen LogP contribution in [0.3, 0.4) is 0 Å². The van der Waals surface area contributed by atoms with Gasteiger partial charge in [0, 0.05) is 11.5 Å². The molecule has 5 unspecified atom stereocenters. The summed E-state index contributed by atoms with van der Waals surface area (Å²) in [5.41, 5.74) is 0.0977. The molecule has 0 aromatic rings. The molecule has 1 N–H and O–H groups in total. The van der Waals surface area contributed by atoms with E-state index in [1.54, 1.807) is 6.92 Å². The van der Waals surface area contributed by atoms with Crippen molar-refractivity contribution in [2.75, 3.05) is 0 Å². The van der Waals surface area contributed by atoms with Crippen LogP contribution in [0.1, 0.15) is 39.0 Å². The standard InChI is InChI=1S/C14H20O3/c1-8(2)13(16)17-14-6-5-11(15)12(14)9-3-4-10(14)7-9/h9-12,15H,1,3-7H2,2H3. The van der Waals surface area contributed by atoms with Gasteiger partial charge in [-0.2, -0.15) is 0 Å². The summed E-state index contributed by atoms with van der Waals surface area (Å²) >= 11 is 0. The van der Waals surface area contributed by atoms with Crippen molar-refractivity contribution in [1.82, 2.24) is 0 Å². The van der Waals surface area contributed by atoms with Gasteiger partial charge in [-0.3, -0.25) is 0 Å². The molecular formula is C14H20O3. The number of aliphatic hydroxyl groups excluding tert-OH is 1. The summed E-state index contributed by atoms with van der Waals surface area (Å²) in [6.07, 6.45) is 4.81. The molecule has 17 heavy (non-hydrogen) atoms. The summed E-state index contributed by atoms with van der Waals surface area (Å²) in [4.78, 5) is 11.8. The molecule has 5 atom stereocenters. The molecule has 3 aliphatic rings. The number of hydrogen-bond acceptors (Lipinski definition) is 3. The molecule has 0 heterocycles. The third-order valence-corrected chi connectivity index (χ3v) is 5.11. The van der Waals surface area contributed by atoms with Crippen LogP contribution in [0.4, 0.5) is 0 Å². The van der Waals surface area contributed by atoms with Crippen molar-refractivity contribution in [1.29, 1.82) is 0 Å². The van der Waals surface area contributed by atoms with E-state index in [0.29, 0.717) is 17.4 Å². The van der Waals surface area contributed by atoms with Crippen LogP contribution >= 0.6 is 0 Å². The summed E-state index contributed by atoms with van der Waals surface area (Å²) in [5, 5.41) is 10.1. The van der Waals surface area contributed by atoms with Crippen molar-refractivity contribution in [3.63, 3.8) is 0 Å². The third kappa shape index (κ3) is 1.41. The molecule has 3 fully saturated rings. The molecule has 3 aliphatic carbocycles. The lowest BCUT2D eigenvalue weighted by molar-refractivity contribution is -0.167. The lowest BCUT2D eigenvalue weighted by Gasteiger charge is -2.39. The summed E-state index contributed by atoms with van der Waals surface area (Å²) in [6, 6.07) is 0. The highest BCUT2D eigenvalue weighted by Crippen LogP contribution is 2.62. The van der Waals surface area contributed by atoms with E-state index >= 15 is 0 Å². The average Bonchev–Trinajstić information content (AvgIpc) is 2.91. The van der Waals surface area contributed by atoms with E-state index in [-0.39, 0.29) is 23.6 Å². The van der Waals surface area contributed by atoms with E-state index in [4.69, 9.17) is 4.74 Å². The van der Waals surface area contributed by atoms with Gasteiger partial charge >= 0.3 is 5.97 Å². The Morgan fingerprint density at radius 2 is 2.18 bits per heavy atom. The van der Waals surface area contributed by atoms with Crippen LogP contribution in [-0.2, 0) is 9.53 Å². The molecule has 0 saturated heterocycles. The Labute approximate surface area is 102 Å². The molecule has 0 aromatic carbocycles. The monoisotopic (exact) mass is 236 g/mol. The zero-order valence-electron chi connectivity index (χ0n) is 10.3. The van der Waals surface area contributed by atoms with Gasteiger partial charge < -0.3 is 9.84 Å². The van der Waals surface area contributed by atoms with Crippen molar-refractivity contribution in [2.24, 2.45) is 17.8 Å². The number of carbonyl (C=O) groups excluding carboxylic acids is 1. The summed E-state index contributed by atoms with van der Waals surface area (Å²) in [5.74, 6) is 0.939. The number of ether oxygens (including phenoxy) is 1. The molecular weight excluding hydrogens is 216 g/mol. The average molecular weight is 236 g/mol. The van der Waals surface area contributed by atoms with Gasteiger partial charge in [0.2, 0.25) is 0 Å². The Kier molecular flexibility index (Phi) is 2.37. The number of esters is 1. The van der Waals surface area contributed by atoms with E-state index in [2.05, 4.69) is 6.58 Å². The second-order valence-electron chi connectivity index (χ2n) is 6.03. The first-order valence-electron chi connectivity index (χ1n) is 6.61. The smallest absolute Gasteiger partial charge is 0.333 e. The van der Waals surface area contributed by atoms with Crippen molar-refractivity contribution >= 4 is 5.97 Å². The fourth-order valence-corrected chi connectivity index (χ4v) is 4.48. The van der Waals surface area contributed by atoms with Gasteiger partial charge in [0.15, 0.2) is 0 Å². The molecule has 3 rings (SSSR count). The molecule has 0 spiro atoms. The summed E-state index contributed by atoms with van der Waals surface area (Å²) in [7, 11) is 0. The van der Waals surface area contributed by atoms with Crippen LogP contribution in [0.5, 0.6) is 0 Å². The van der Waals surface area contributed by atoms with Gasteiger partial charge in [0.25, 0.3) is 0 Å². The van der Waals surface area contributed by atoms with E-state index in [0.717, 1.165) is 25.7 Å². The van der Waals surface area contributed by atoms with E-state index in [9.17, 15) is 9.90 Å². The van der Waals surface area contributed by atoms with Crippen LogP contribution in [0.25, 0.3) is 0 Å². The molecule has 0 amide bonds. The first-order chi connectivity index (χ1) is 8.04. The normalized spacial score (nSPS) is 46.9. The Morgan fingerprint density at radius 1 is 1.41 bits per heavy atom. The minimum Gasteiger partial charge on any atom is -0.455 e. The molecule has 0 aromatic heterocycles. The molecule has 0 radical (unpaired) electrons. The predicted molar refractivity (Wildman–Crippen MR) is 63.2 cm³/mol. The summed E-state index contributed by atoms with van der Waals surface area (Å²) < 4.78 is 5.79. The van der Waals surface area contributed by atoms with Gasteiger partial charge in [-0.15, -0.1) is 0 Å². The number of fused-ring (bicyclic) bond motifs is 5. The van der Waals surface area contributed by atoms with Crippen LogP contribution in [0.15, 0.2) is 12.2 Å². The topological polar surface area (TPSA) is 46.5 Å². The summed E-state index contributed by atoms with van der Waals surface area (Å²) in [6.45, 7) is 5.34. The minimum absolute atomic E-state index is 0.185. The zero-order valence-corrected chi connectivity index (χ0v) is 10.3. The lowest BCUT2D eigenvalue weighted by Crippen LogP contribution is -2.46. The van der Waals surface area contributed by atoms with E-state index in [1.165, 1.54) is 6.42 Å². The first kappa shape index (κ1) is 11.3. The molecule has 3 heteroatoms. The molecule has 2 bridgehead atoms. The number of aliphatic hydroxyl groups is 1. The van der Waals surface area contributed by atoms with Crippen LogP contribution < -0.4 is 0 Å². The molecule has 94 valence electrons. The fraction of sp³-hybridized carbons (Fsp3) is 0.786. The largest absolute Gasteiger partial charge is 0.455 e. The predicted octanol–water partition coefficient (Wildman–Crippen LogP) is 2.05. The second-order valence-corrected chi connectivity index (χ2v) is 6.03. The van der Waals surface area contributed by atoms with Crippen LogP contribution in [0.2, 0.25) is 0 Å².